The van der Waals surface area contributed by atoms with E-state index >= 15 is 0 Å². The van der Waals surface area contributed by atoms with Crippen molar-refractivity contribution in [2.45, 2.75) is 144 Å². The number of nitrogens with zero attached hydrogens (tertiary/aromatic N) is 4. The number of carbonyl (C=O) groups is 2. The number of aryl methyl sites for hydroxylation is 1. The molecule has 2 fully saturated rings. The fraction of sp³-hybridized carbons (Fsp3) is 0.583. The Morgan fingerprint density at radius 1 is 0.806 bits per heavy atom. The van der Waals surface area contributed by atoms with E-state index in [1.165, 1.54) is 0 Å². The number of hydrogen-bond donors (Lipinski definition) is 3. The van der Waals surface area contributed by atoms with Crippen LogP contribution in [0.5, 0.6) is 0 Å². The van der Waals surface area contributed by atoms with E-state index in [1.54, 1.807) is 0 Å². The Kier molecular flexibility index (Phi) is 14.7. The summed E-state index contributed by atoms with van der Waals surface area (Å²) in [6.45, 7) is 28.1. The van der Waals surface area contributed by atoms with Crippen molar-refractivity contribution in [3.63, 3.8) is 0 Å². The molecule has 0 aliphatic heterocycles. The van der Waals surface area contributed by atoms with Crippen molar-refractivity contribution >= 4 is 39.5 Å². The number of nitrogen functional groups attached to an aromatic ring is 1. The average Bonchev–Trinajstić information content (AvgIpc) is 4.09. The molecule has 12 nitrogen and oxygen atoms in total. The van der Waals surface area contributed by atoms with Crippen LogP contribution < -0.4 is 16.4 Å². The highest BCUT2D eigenvalue weighted by atomic mass is 28.3. The lowest BCUT2D eigenvalue weighted by Gasteiger charge is -2.29. The van der Waals surface area contributed by atoms with Crippen LogP contribution in [0.4, 0.5) is 16.2 Å². The van der Waals surface area contributed by atoms with Gasteiger partial charge in [0.1, 0.15) is 25.1 Å². The lowest BCUT2D eigenvalue weighted by atomic mass is 9.86. The third kappa shape index (κ3) is 12.9. The molecule has 4 N–H and O–H groups in total. The number of anilines is 2. The second-order valence-corrected chi connectivity index (χ2v) is 32.5. The zero-order valence-corrected chi connectivity index (χ0v) is 41.5. The summed E-state index contributed by atoms with van der Waals surface area (Å²) in [5, 5.41) is 16.2. The van der Waals surface area contributed by atoms with E-state index < -0.39 is 33.9 Å². The highest BCUT2D eigenvalue weighted by molar-refractivity contribution is 6.76. The lowest BCUT2D eigenvalue weighted by molar-refractivity contribution is -0.120. The van der Waals surface area contributed by atoms with Crippen molar-refractivity contribution in [1.29, 1.82) is 0 Å². The lowest BCUT2D eigenvalue weighted by Crippen LogP contribution is -2.51. The van der Waals surface area contributed by atoms with Gasteiger partial charge in [-0.05, 0) is 138 Å². The summed E-state index contributed by atoms with van der Waals surface area (Å²) >= 11 is 0. The van der Waals surface area contributed by atoms with Crippen molar-refractivity contribution in [2.75, 3.05) is 24.3 Å². The maximum absolute atomic E-state index is 14.5. The number of nitrogens with one attached hydrogen (secondary N) is 2. The Morgan fingerprint density at radius 3 is 1.89 bits per heavy atom. The fourth-order valence-corrected chi connectivity index (χ4v) is 10.0. The summed E-state index contributed by atoms with van der Waals surface area (Å²) < 4.78 is 21.9. The molecule has 6 rings (SSSR count). The van der Waals surface area contributed by atoms with E-state index in [-0.39, 0.29) is 17.7 Å². The summed E-state index contributed by atoms with van der Waals surface area (Å²) in [6.07, 6.45) is 3.18. The summed E-state index contributed by atoms with van der Waals surface area (Å²) in [5.41, 5.74) is 15.1. The van der Waals surface area contributed by atoms with Crippen molar-refractivity contribution in [3.05, 3.63) is 71.3 Å². The average molecular weight is 884 g/mol. The predicted octanol–water partition coefficient (Wildman–Crippen LogP) is 10.3. The molecule has 0 radical (unpaired) electrons. The van der Waals surface area contributed by atoms with Gasteiger partial charge in [0, 0.05) is 63.3 Å². The van der Waals surface area contributed by atoms with Gasteiger partial charge in [0.25, 0.3) is 0 Å². The topological polar surface area (TPSA) is 148 Å². The summed E-state index contributed by atoms with van der Waals surface area (Å²) in [6, 6.07) is 17.3. The summed E-state index contributed by atoms with van der Waals surface area (Å²) in [7, 11) is -2.42. The maximum atomic E-state index is 14.5. The number of alkyl carbamates (subject to hydrolysis) is 1. The number of carbonyl (C=O) groups excluding carboxylic acids is 2. The molecule has 0 spiro atoms. The van der Waals surface area contributed by atoms with E-state index in [0.717, 1.165) is 89.4 Å². The van der Waals surface area contributed by atoms with Crippen LogP contribution in [-0.2, 0) is 38.9 Å². The van der Waals surface area contributed by atoms with Crippen molar-refractivity contribution in [2.24, 2.45) is 23.7 Å². The van der Waals surface area contributed by atoms with E-state index in [0.29, 0.717) is 43.3 Å². The maximum Gasteiger partial charge on any atom is 0.408 e. The van der Waals surface area contributed by atoms with Crippen LogP contribution in [0.15, 0.2) is 48.5 Å². The SMILES string of the molecule is Cc1nn(COCC[Si](C)(C)C)c(C)c1-c1ccc(NC(=O)[C@@H](NC(=O)OC(C)(C)C)C(C2CC2)C2CC2Cc2nn(COCC[Si](C)(C)C)c(C)c2-c2ccc(N)cc2)cc1. The van der Waals surface area contributed by atoms with E-state index in [4.69, 9.17) is 30.1 Å². The van der Waals surface area contributed by atoms with Gasteiger partial charge in [0.2, 0.25) is 5.91 Å². The largest absolute Gasteiger partial charge is 0.444 e. The minimum Gasteiger partial charge on any atom is -0.444 e. The van der Waals surface area contributed by atoms with Gasteiger partial charge < -0.3 is 30.6 Å². The Hall–Kier alpha value is -4.25. The number of hydrogen-bond acceptors (Lipinski definition) is 8. The molecule has 62 heavy (non-hydrogen) atoms. The van der Waals surface area contributed by atoms with Gasteiger partial charge in [-0.25, -0.2) is 14.2 Å². The standard InChI is InChI=1S/C48H73N7O5Si2/c1-31-42(32(2)54(52-31)29-58-23-25-61(7,8)9)34-17-21-39(22-18-34)50-46(56)45(51-47(57)60-48(4,5)6)44(36-13-14-36)40-27-37(40)28-41-43(35-15-19-38(49)20-16-35)33(3)55(53-41)30-59-24-26-62(10,11)12/h15-22,36-37,40,44-45H,13-14,23-30,49H2,1-12H3,(H,50,56)(H,51,57)/t37?,40?,44?,45-/m0/s1. The molecule has 2 amide bonds. The Balaban J connectivity index is 1.20. The molecule has 338 valence electrons. The number of amides is 2. The molecule has 4 atom stereocenters. The molecule has 0 bridgehead atoms. The third-order valence-electron chi connectivity index (χ3n) is 12.2. The molecule has 2 aliphatic carbocycles. The first-order valence-electron chi connectivity index (χ1n) is 22.6. The van der Waals surface area contributed by atoms with Gasteiger partial charge in [-0.15, -0.1) is 0 Å². The molecule has 2 aliphatic rings. The fourth-order valence-electron chi connectivity index (χ4n) is 8.49. The molecular formula is C48H73N7O5Si2. The zero-order valence-electron chi connectivity index (χ0n) is 39.5. The first-order chi connectivity index (χ1) is 29.1. The number of aromatic nitrogens is 4. The van der Waals surface area contributed by atoms with Crippen molar-refractivity contribution in [1.82, 2.24) is 24.9 Å². The van der Waals surface area contributed by atoms with Crippen LogP contribution >= 0.6 is 0 Å². The van der Waals surface area contributed by atoms with Crippen LogP contribution in [0.25, 0.3) is 22.3 Å². The molecule has 0 saturated heterocycles. The molecule has 2 heterocycles. The van der Waals surface area contributed by atoms with Gasteiger partial charge in [0.15, 0.2) is 0 Å². The molecule has 2 aromatic heterocycles. The predicted molar refractivity (Wildman–Crippen MR) is 255 cm³/mol. The normalized spacial score (nSPS) is 17.7. The summed E-state index contributed by atoms with van der Waals surface area (Å²) in [4.78, 5) is 27.9. The van der Waals surface area contributed by atoms with Crippen LogP contribution in [0, 0.1) is 44.4 Å². The monoisotopic (exact) mass is 884 g/mol. The van der Waals surface area contributed by atoms with Crippen LogP contribution in [0.2, 0.25) is 51.4 Å². The highest BCUT2D eigenvalue weighted by Gasteiger charge is 2.54. The van der Waals surface area contributed by atoms with Crippen LogP contribution in [0.3, 0.4) is 0 Å². The molecule has 14 heteroatoms. The second-order valence-electron chi connectivity index (χ2n) is 21.2. The smallest absolute Gasteiger partial charge is 0.408 e. The molecule has 4 aromatic rings. The minimum atomic E-state index is -1.23. The van der Waals surface area contributed by atoms with E-state index in [9.17, 15) is 9.59 Å². The number of rotatable bonds is 20. The molecular weight excluding hydrogens is 811 g/mol. The first kappa shape index (κ1) is 47.2. The second kappa shape index (κ2) is 19.2. The number of benzene rings is 2. The zero-order chi connectivity index (χ0) is 45.1. The Labute approximate surface area is 372 Å². The highest BCUT2D eigenvalue weighted by Crippen LogP contribution is 2.56. The van der Waals surface area contributed by atoms with Crippen molar-refractivity contribution < 1.29 is 23.8 Å². The van der Waals surface area contributed by atoms with Gasteiger partial charge in [-0.3, -0.25) is 4.79 Å². The quantitative estimate of drug-likeness (QED) is 0.0452. The van der Waals surface area contributed by atoms with E-state index in [1.807, 2.05) is 73.5 Å². The van der Waals surface area contributed by atoms with Gasteiger partial charge >= 0.3 is 6.09 Å². The molecule has 2 aromatic carbocycles. The Morgan fingerprint density at radius 2 is 1.34 bits per heavy atom. The summed E-state index contributed by atoms with van der Waals surface area (Å²) in [5.74, 6) is 0.576. The molecule has 2 saturated carbocycles. The minimum absolute atomic E-state index is 0.0519. The first-order valence-corrected chi connectivity index (χ1v) is 30.0. The van der Waals surface area contributed by atoms with E-state index in [2.05, 4.69) is 75.9 Å². The van der Waals surface area contributed by atoms with Gasteiger partial charge in [0.05, 0.1) is 11.4 Å². The third-order valence-corrected chi connectivity index (χ3v) is 15.6. The number of ether oxygens (including phenoxy) is 3. The van der Waals surface area contributed by atoms with Gasteiger partial charge in [-0.2, -0.15) is 10.2 Å². The van der Waals surface area contributed by atoms with Crippen LogP contribution in [-0.4, -0.2) is 72.6 Å². The van der Waals surface area contributed by atoms with Crippen LogP contribution in [0.1, 0.15) is 62.8 Å². The van der Waals surface area contributed by atoms with Crippen molar-refractivity contribution in [3.8, 4) is 22.3 Å². The van der Waals surface area contributed by atoms with Gasteiger partial charge in [-0.1, -0.05) is 63.5 Å². The molecule has 3 unspecified atom stereocenters. The number of nitrogens with two attached hydrogens (primary N) is 1. The Bertz CT molecular complexity index is 2160.